The average molecular weight is 270 g/mol. The van der Waals surface area contributed by atoms with Gasteiger partial charge in [0, 0.05) is 25.7 Å². The number of morpholine rings is 1. The number of nitrogens with zero attached hydrogens (tertiary/aromatic N) is 2. The number of rotatable bonds is 5. The Kier molecular flexibility index (Phi) is 4.64. The summed E-state index contributed by atoms with van der Waals surface area (Å²) in [5.74, 6) is -1.00. The molecule has 0 radical (unpaired) electrons. The van der Waals surface area contributed by atoms with E-state index >= 15 is 0 Å². The third kappa shape index (κ3) is 3.62. The van der Waals surface area contributed by atoms with Crippen molar-refractivity contribution in [3.8, 4) is 5.75 Å². The van der Waals surface area contributed by atoms with Gasteiger partial charge in [-0.2, -0.15) is 4.39 Å². The number of nitro groups is 1. The lowest BCUT2D eigenvalue weighted by molar-refractivity contribution is -0.387. The Morgan fingerprint density at radius 2 is 2.16 bits per heavy atom. The zero-order valence-electron chi connectivity index (χ0n) is 10.4. The Balaban J connectivity index is 1.88. The molecule has 7 heteroatoms. The highest BCUT2D eigenvalue weighted by Gasteiger charge is 2.18. The van der Waals surface area contributed by atoms with Crippen LogP contribution in [-0.4, -0.2) is 49.3 Å². The smallest absolute Gasteiger partial charge is 0.308 e. The molecule has 0 aliphatic carbocycles. The molecule has 2 rings (SSSR count). The third-order valence-electron chi connectivity index (χ3n) is 2.91. The predicted molar refractivity (Wildman–Crippen MR) is 65.8 cm³/mol. The summed E-state index contributed by atoms with van der Waals surface area (Å²) < 4.78 is 24.2. The molecule has 0 spiro atoms. The molecule has 104 valence electrons. The van der Waals surface area contributed by atoms with Gasteiger partial charge in [-0.05, 0) is 6.07 Å². The largest absolute Gasteiger partial charge is 0.489 e. The Labute approximate surface area is 109 Å². The monoisotopic (exact) mass is 270 g/mol. The molecule has 0 unspecified atom stereocenters. The second-order valence-electron chi connectivity index (χ2n) is 4.15. The highest BCUT2D eigenvalue weighted by Crippen LogP contribution is 2.25. The second kappa shape index (κ2) is 6.44. The third-order valence-corrected chi connectivity index (χ3v) is 2.91. The van der Waals surface area contributed by atoms with Crippen molar-refractivity contribution < 1.29 is 18.8 Å². The number of benzene rings is 1. The van der Waals surface area contributed by atoms with Crippen LogP contribution in [-0.2, 0) is 4.74 Å². The Morgan fingerprint density at radius 1 is 1.42 bits per heavy atom. The zero-order valence-corrected chi connectivity index (χ0v) is 10.4. The maximum Gasteiger partial charge on any atom is 0.308 e. The van der Waals surface area contributed by atoms with Gasteiger partial charge in [-0.25, -0.2) is 0 Å². The van der Waals surface area contributed by atoms with Crippen molar-refractivity contribution in [1.82, 2.24) is 4.90 Å². The van der Waals surface area contributed by atoms with Crippen LogP contribution in [0.4, 0.5) is 10.1 Å². The summed E-state index contributed by atoms with van der Waals surface area (Å²) in [6.07, 6.45) is 0. The lowest BCUT2D eigenvalue weighted by atomic mass is 10.3. The first kappa shape index (κ1) is 13.7. The van der Waals surface area contributed by atoms with E-state index in [1.165, 1.54) is 12.1 Å². The molecule has 19 heavy (non-hydrogen) atoms. The maximum atomic E-state index is 13.7. The van der Waals surface area contributed by atoms with Crippen LogP contribution in [0.25, 0.3) is 0 Å². The maximum absolute atomic E-state index is 13.7. The first-order valence-electron chi connectivity index (χ1n) is 6.04. The van der Waals surface area contributed by atoms with Gasteiger partial charge in [0.2, 0.25) is 5.82 Å². The minimum atomic E-state index is -0.922. The highest BCUT2D eigenvalue weighted by atomic mass is 19.1. The fraction of sp³-hybridized carbons (Fsp3) is 0.500. The Morgan fingerprint density at radius 3 is 2.84 bits per heavy atom. The number of nitro benzene ring substituents is 1. The van der Waals surface area contributed by atoms with Crippen LogP contribution >= 0.6 is 0 Å². The van der Waals surface area contributed by atoms with Crippen LogP contribution in [0.5, 0.6) is 5.75 Å². The van der Waals surface area contributed by atoms with E-state index in [0.717, 1.165) is 19.2 Å². The van der Waals surface area contributed by atoms with Gasteiger partial charge in [0.25, 0.3) is 0 Å². The van der Waals surface area contributed by atoms with Crippen molar-refractivity contribution in [2.45, 2.75) is 0 Å². The number of hydrogen-bond donors (Lipinski definition) is 0. The quantitative estimate of drug-likeness (QED) is 0.598. The topological polar surface area (TPSA) is 64.8 Å². The minimum absolute atomic E-state index is 0.0811. The molecule has 0 amide bonds. The van der Waals surface area contributed by atoms with E-state index in [2.05, 4.69) is 4.90 Å². The number of ether oxygens (including phenoxy) is 2. The van der Waals surface area contributed by atoms with E-state index in [9.17, 15) is 14.5 Å². The van der Waals surface area contributed by atoms with Gasteiger partial charge < -0.3 is 9.47 Å². The zero-order chi connectivity index (χ0) is 13.7. The molecule has 1 aromatic carbocycles. The summed E-state index contributed by atoms with van der Waals surface area (Å²) in [5, 5.41) is 10.6. The summed E-state index contributed by atoms with van der Waals surface area (Å²) in [4.78, 5) is 12.0. The fourth-order valence-corrected chi connectivity index (χ4v) is 1.86. The van der Waals surface area contributed by atoms with E-state index in [4.69, 9.17) is 9.47 Å². The van der Waals surface area contributed by atoms with Crippen molar-refractivity contribution in [3.63, 3.8) is 0 Å². The van der Waals surface area contributed by atoms with E-state index in [0.29, 0.717) is 19.8 Å². The molecule has 6 nitrogen and oxygen atoms in total. The van der Waals surface area contributed by atoms with Gasteiger partial charge in [-0.15, -0.1) is 0 Å². The fourth-order valence-electron chi connectivity index (χ4n) is 1.86. The average Bonchev–Trinajstić information content (AvgIpc) is 2.41. The SMILES string of the molecule is O=[N+]([O-])c1cccc(OCCN2CCOCC2)c1F. The van der Waals surface area contributed by atoms with Gasteiger partial charge in [0.15, 0.2) is 5.75 Å². The molecule has 0 saturated carbocycles. The van der Waals surface area contributed by atoms with E-state index in [1.807, 2.05) is 0 Å². The minimum Gasteiger partial charge on any atom is -0.489 e. The molecule has 1 saturated heterocycles. The molecule has 0 atom stereocenters. The van der Waals surface area contributed by atoms with Crippen molar-refractivity contribution in [2.24, 2.45) is 0 Å². The van der Waals surface area contributed by atoms with Crippen LogP contribution in [0.15, 0.2) is 18.2 Å². The summed E-state index contributed by atoms with van der Waals surface area (Å²) in [6.45, 7) is 3.95. The summed E-state index contributed by atoms with van der Waals surface area (Å²) in [5.41, 5.74) is -0.566. The van der Waals surface area contributed by atoms with Crippen LogP contribution in [0, 0.1) is 15.9 Å². The van der Waals surface area contributed by atoms with Gasteiger partial charge >= 0.3 is 5.69 Å². The molecule has 1 aliphatic heterocycles. The summed E-state index contributed by atoms with van der Waals surface area (Å²) in [7, 11) is 0. The molecule has 1 aromatic rings. The van der Waals surface area contributed by atoms with E-state index < -0.39 is 16.4 Å². The van der Waals surface area contributed by atoms with Gasteiger partial charge in [0.1, 0.15) is 6.61 Å². The second-order valence-corrected chi connectivity index (χ2v) is 4.15. The normalized spacial score (nSPS) is 16.3. The number of halogens is 1. The standard InChI is InChI=1S/C12H15FN2O4/c13-12-10(15(16)17)2-1-3-11(12)19-9-6-14-4-7-18-8-5-14/h1-3H,4-9H2. The predicted octanol–water partition coefficient (Wildman–Crippen LogP) is 1.44. The lowest BCUT2D eigenvalue weighted by Gasteiger charge is -2.26. The molecule has 1 aliphatic rings. The lowest BCUT2D eigenvalue weighted by Crippen LogP contribution is -2.38. The molecule has 0 aromatic heterocycles. The van der Waals surface area contributed by atoms with Crippen molar-refractivity contribution in [1.29, 1.82) is 0 Å². The van der Waals surface area contributed by atoms with Crippen LogP contribution in [0.3, 0.4) is 0 Å². The Bertz CT molecular complexity index is 449. The summed E-state index contributed by atoms with van der Waals surface area (Å²) in [6, 6.07) is 3.91. The molecule has 0 bridgehead atoms. The van der Waals surface area contributed by atoms with Crippen LogP contribution < -0.4 is 4.74 Å². The van der Waals surface area contributed by atoms with Gasteiger partial charge in [-0.3, -0.25) is 15.0 Å². The molecule has 1 fully saturated rings. The molecule has 1 heterocycles. The Hall–Kier alpha value is -1.73. The van der Waals surface area contributed by atoms with Crippen molar-refractivity contribution >= 4 is 5.69 Å². The summed E-state index contributed by atoms with van der Waals surface area (Å²) >= 11 is 0. The molecular weight excluding hydrogens is 255 g/mol. The molecule has 0 N–H and O–H groups in total. The highest BCUT2D eigenvalue weighted by molar-refractivity contribution is 5.40. The van der Waals surface area contributed by atoms with Gasteiger partial charge in [0.05, 0.1) is 18.1 Å². The van der Waals surface area contributed by atoms with Crippen LogP contribution in [0.2, 0.25) is 0 Å². The first-order chi connectivity index (χ1) is 9.18. The first-order valence-corrected chi connectivity index (χ1v) is 6.04. The van der Waals surface area contributed by atoms with E-state index in [-0.39, 0.29) is 12.4 Å². The number of hydrogen-bond acceptors (Lipinski definition) is 5. The van der Waals surface area contributed by atoms with Crippen molar-refractivity contribution in [3.05, 3.63) is 34.1 Å². The van der Waals surface area contributed by atoms with Crippen LogP contribution in [0.1, 0.15) is 0 Å². The van der Waals surface area contributed by atoms with E-state index in [1.54, 1.807) is 0 Å². The van der Waals surface area contributed by atoms with Gasteiger partial charge in [-0.1, -0.05) is 6.07 Å². The molecular formula is C12H15FN2O4. The van der Waals surface area contributed by atoms with Crippen molar-refractivity contribution in [2.75, 3.05) is 39.5 Å².